The fourth-order valence-corrected chi connectivity index (χ4v) is 6.28. The Morgan fingerprint density at radius 1 is 1.07 bits per heavy atom. The molecule has 1 amide bonds. The highest BCUT2D eigenvalue weighted by molar-refractivity contribution is 7.91. The van der Waals surface area contributed by atoms with Crippen LogP contribution in [0.1, 0.15) is 18.1 Å². The predicted molar refractivity (Wildman–Crippen MR) is 102 cm³/mol. The van der Waals surface area contributed by atoms with Gasteiger partial charge in [-0.1, -0.05) is 24.3 Å². The molecule has 0 spiro atoms. The summed E-state index contributed by atoms with van der Waals surface area (Å²) in [5.74, 6) is 0.159. The second-order valence-electron chi connectivity index (χ2n) is 7.37. The third-order valence-corrected chi connectivity index (χ3v) is 7.28. The molecule has 0 saturated carbocycles. The number of amides is 1. The van der Waals surface area contributed by atoms with Crippen molar-refractivity contribution in [1.29, 1.82) is 0 Å². The van der Waals surface area contributed by atoms with Gasteiger partial charge in [-0.2, -0.15) is 5.10 Å². The van der Waals surface area contributed by atoms with Crippen LogP contribution >= 0.6 is 0 Å². The molecule has 0 unspecified atom stereocenters. The number of rotatable bonds is 4. The minimum absolute atomic E-state index is 0.0409. The first-order chi connectivity index (χ1) is 12.9. The molecule has 2 saturated heterocycles. The van der Waals surface area contributed by atoms with E-state index < -0.39 is 9.84 Å². The fraction of sp³-hybridized carbons (Fsp3) is 0.474. The number of sulfone groups is 1. The van der Waals surface area contributed by atoms with Gasteiger partial charge >= 0.3 is 0 Å². The minimum Gasteiger partial charge on any atom is -0.336 e. The molecule has 2 fully saturated rings. The zero-order valence-corrected chi connectivity index (χ0v) is 16.2. The van der Waals surface area contributed by atoms with Crippen LogP contribution in [-0.4, -0.2) is 70.6 Å². The zero-order chi connectivity index (χ0) is 19.0. The molecule has 4 rings (SSSR count). The van der Waals surface area contributed by atoms with E-state index in [-0.39, 0.29) is 29.5 Å². The van der Waals surface area contributed by atoms with E-state index in [0.717, 1.165) is 0 Å². The van der Waals surface area contributed by atoms with Gasteiger partial charge in [0.25, 0.3) is 0 Å². The summed E-state index contributed by atoms with van der Waals surface area (Å²) < 4.78 is 26.4. The third-order valence-electron chi connectivity index (χ3n) is 5.58. The Labute approximate surface area is 159 Å². The van der Waals surface area contributed by atoms with Crippen LogP contribution in [0.4, 0.5) is 0 Å². The highest BCUT2D eigenvalue weighted by Gasteiger charge is 2.47. The quantitative estimate of drug-likeness (QED) is 0.773. The molecule has 144 valence electrons. The lowest BCUT2D eigenvalue weighted by Crippen LogP contribution is -2.59. The summed E-state index contributed by atoms with van der Waals surface area (Å²) in [6, 6.07) is 9.73. The smallest absolute Gasteiger partial charge is 0.219 e. The molecule has 0 aliphatic carbocycles. The van der Waals surface area contributed by atoms with Gasteiger partial charge in [0.1, 0.15) is 0 Å². The van der Waals surface area contributed by atoms with Gasteiger partial charge in [0.05, 0.1) is 24.1 Å². The number of hydrogen-bond acceptors (Lipinski definition) is 5. The van der Waals surface area contributed by atoms with Gasteiger partial charge in [0, 0.05) is 45.0 Å². The normalized spacial score (nSPS) is 24.7. The van der Waals surface area contributed by atoms with Crippen molar-refractivity contribution in [2.75, 3.05) is 24.6 Å². The maximum atomic E-state index is 12.3. The molecule has 2 aromatic rings. The highest BCUT2D eigenvalue weighted by atomic mass is 32.2. The molecule has 8 heteroatoms. The van der Waals surface area contributed by atoms with Crippen LogP contribution in [0.3, 0.4) is 0 Å². The average molecular weight is 388 g/mol. The molecule has 1 aromatic heterocycles. The summed E-state index contributed by atoms with van der Waals surface area (Å²) in [7, 11) is -3.12. The number of aromatic nitrogens is 2. The van der Waals surface area contributed by atoms with Gasteiger partial charge in [0.15, 0.2) is 9.84 Å². The summed E-state index contributed by atoms with van der Waals surface area (Å²) in [5, 5.41) is 4.28. The van der Waals surface area contributed by atoms with Crippen molar-refractivity contribution in [2.24, 2.45) is 0 Å². The molecule has 2 aliphatic heterocycles. The second-order valence-corrected chi connectivity index (χ2v) is 9.52. The van der Waals surface area contributed by atoms with E-state index in [9.17, 15) is 13.2 Å². The Morgan fingerprint density at radius 2 is 1.78 bits per heavy atom. The number of benzene rings is 1. The third kappa shape index (κ3) is 3.77. The summed E-state index contributed by atoms with van der Waals surface area (Å²) in [6.45, 7) is 4.15. The van der Waals surface area contributed by atoms with E-state index in [4.69, 9.17) is 0 Å². The standard InChI is InChI=1S/C19H24N4O3S/c1-15(24)23-10-9-21(18-13-27(25,26)14-19(18)23)11-16-5-2-3-6-17(16)12-22-8-4-7-20-22/h2-8,18-19H,9-14H2,1H3/t18-,19+/m1/s1. The van der Waals surface area contributed by atoms with Crippen LogP contribution in [0.5, 0.6) is 0 Å². The zero-order valence-electron chi connectivity index (χ0n) is 15.4. The van der Waals surface area contributed by atoms with E-state index in [1.54, 1.807) is 11.1 Å². The molecular formula is C19H24N4O3S. The molecule has 27 heavy (non-hydrogen) atoms. The van der Waals surface area contributed by atoms with E-state index in [1.807, 2.05) is 29.1 Å². The Balaban J connectivity index is 1.57. The van der Waals surface area contributed by atoms with Crippen LogP contribution in [0.2, 0.25) is 0 Å². The van der Waals surface area contributed by atoms with Crippen LogP contribution in [-0.2, 0) is 27.7 Å². The molecule has 3 heterocycles. The van der Waals surface area contributed by atoms with Crippen molar-refractivity contribution in [3.8, 4) is 0 Å². The minimum atomic E-state index is -3.12. The number of fused-ring (bicyclic) bond motifs is 1. The van der Waals surface area contributed by atoms with Crippen molar-refractivity contribution in [3.05, 3.63) is 53.9 Å². The van der Waals surface area contributed by atoms with Gasteiger partial charge in [-0.15, -0.1) is 0 Å². The molecule has 1 aromatic carbocycles. The topological polar surface area (TPSA) is 75.5 Å². The van der Waals surface area contributed by atoms with E-state index in [1.165, 1.54) is 18.1 Å². The summed E-state index contributed by atoms with van der Waals surface area (Å²) in [6.07, 6.45) is 3.69. The van der Waals surface area contributed by atoms with E-state index in [2.05, 4.69) is 22.1 Å². The lowest BCUT2D eigenvalue weighted by atomic mass is 10.0. The van der Waals surface area contributed by atoms with Crippen molar-refractivity contribution < 1.29 is 13.2 Å². The lowest BCUT2D eigenvalue weighted by Gasteiger charge is -2.43. The SMILES string of the molecule is CC(=O)N1CCN(Cc2ccccc2Cn2cccn2)[C@@H]2CS(=O)(=O)C[C@@H]21. The van der Waals surface area contributed by atoms with Crippen LogP contribution in [0.15, 0.2) is 42.7 Å². The average Bonchev–Trinajstić information content (AvgIpc) is 3.23. The van der Waals surface area contributed by atoms with Crippen LogP contribution in [0, 0.1) is 0 Å². The Kier molecular flexibility index (Phi) is 4.77. The first kappa shape index (κ1) is 18.2. The Morgan fingerprint density at radius 3 is 2.44 bits per heavy atom. The molecule has 2 aliphatic rings. The van der Waals surface area contributed by atoms with E-state index >= 15 is 0 Å². The lowest BCUT2D eigenvalue weighted by molar-refractivity contribution is -0.134. The molecule has 7 nitrogen and oxygen atoms in total. The molecule has 0 radical (unpaired) electrons. The monoisotopic (exact) mass is 388 g/mol. The van der Waals surface area contributed by atoms with Crippen LogP contribution < -0.4 is 0 Å². The fourth-order valence-electron chi connectivity index (χ4n) is 4.27. The number of hydrogen-bond donors (Lipinski definition) is 0. The Bertz CT molecular complexity index is 926. The summed E-state index contributed by atoms with van der Waals surface area (Å²) in [5.41, 5.74) is 2.35. The number of carbonyl (C=O) groups is 1. The van der Waals surface area contributed by atoms with Crippen molar-refractivity contribution >= 4 is 15.7 Å². The molecule has 0 bridgehead atoms. The maximum Gasteiger partial charge on any atom is 0.219 e. The molecular weight excluding hydrogens is 364 g/mol. The first-order valence-electron chi connectivity index (χ1n) is 9.19. The molecule has 0 N–H and O–H groups in total. The number of nitrogens with zero attached hydrogens (tertiary/aromatic N) is 4. The van der Waals surface area contributed by atoms with Crippen molar-refractivity contribution in [1.82, 2.24) is 19.6 Å². The first-order valence-corrected chi connectivity index (χ1v) is 11.0. The summed E-state index contributed by atoms with van der Waals surface area (Å²) >= 11 is 0. The van der Waals surface area contributed by atoms with Crippen LogP contribution in [0.25, 0.3) is 0 Å². The number of carbonyl (C=O) groups excluding carboxylic acids is 1. The van der Waals surface area contributed by atoms with Crippen molar-refractivity contribution in [2.45, 2.75) is 32.1 Å². The van der Waals surface area contributed by atoms with Crippen molar-refractivity contribution in [3.63, 3.8) is 0 Å². The molecule has 2 atom stereocenters. The van der Waals surface area contributed by atoms with Gasteiger partial charge in [-0.05, 0) is 17.2 Å². The van der Waals surface area contributed by atoms with Gasteiger partial charge in [0.2, 0.25) is 5.91 Å². The summed E-state index contributed by atoms with van der Waals surface area (Å²) in [4.78, 5) is 15.9. The van der Waals surface area contributed by atoms with Gasteiger partial charge in [-0.3, -0.25) is 14.4 Å². The van der Waals surface area contributed by atoms with Gasteiger partial charge < -0.3 is 4.90 Å². The maximum absolute atomic E-state index is 12.3. The van der Waals surface area contributed by atoms with E-state index in [0.29, 0.717) is 26.2 Å². The number of piperazine rings is 1. The Hall–Kier alpha value is -2.19. The predicted octanol–water partition coefficient (Wildman–Crippen LogP) is 0.761. The largest absolute Gasteiger partial charge is 0.336 e. The second kappa shape index (κ2) is 7.09. The van der Waals surface area contributed by atoms with Gasteiger partial charge in [-0.25, -0.2) is 8.42 Å². The highest BCUT2D eigenvalue weighted by Crippen LogP contribution is 2.29.